The molecule has 11 nitrogen and oxygen atoms in total. The predicted octanol–water partition coefficient (Wildman–Crippen LogP) is 5.83. The van der Waals surface area contributed by atoms with E-state index in [1.54, 1.807) is 27.3 Å². The fourth-order valence-corrected chi connectivity index (χ4v) is 6.73. The zero-order chi connectivity index (χ0) is 35.8. The van der Waals surface area contributed by atoms with Crippen LogP contribution in [0.1, 0.15) is 37.3 Å². The van der Waals surface area contributed by atoms with Gasteiger partial charge in [-0.2, -0.15) is 0 Å². The van der Waals surface area contributed by atoms with Gasteiger partial charge in [0.2, 0.25) is 11.8 Å². The molecule has 4 aromatic rings. The molecule has 2 aromatic heterocycles. The van der Waals surface area contributed by atoms with E-state index in [0.29, 0.717) is 68.9 Å². The maximum atomic E-state index is 11.7. The molecule has 13 heteroatoms. The van der Waals surface area contributed by atoms with Crippen LogP contribution in [0.5, 0.6) is 11.6 Å². The highest BCUT2D eigenvalue weighted by molar-refractivity contribution is 6.39. The quantitative estimate of drug-likeness (QED) is 0.126. The lowest BCUT2D eigenvalue weighted by Gasteiger charge is -2.31. The van der Waals surface area contributed by atoms with Crippen LogP contribution in [-0.4, -0.2) is 83.0 Å². The molecule has 0 unspecified atom stereocenters. The standard InChI is InChI=1S/C37H41Cl2N5O6/c1-22(46)44-15-12-26(13-16-44)41-20-25-9-10-31(43-37(25)50-3)30-6-4-5-28(34(30)38)29-11-14-40-36(35(29)39)23-7-8-24(32(17-23)49-2)19-42-27(21-45)18-33(47)48/h4-11,14,17,26-27,41-42,45H,12-13,15-16,18-21H2,1-3H3,(H,47,48)/t27-/m1/s1. The van der Waals surface area contributed by atoms with Crippen molar-refractivity contribution in [2.45, 2.75) is 51.4 Å². The van der Waals surface area contributed by atoms with E-state index in [0.717, 1.165) is 42.6 Å². The number of amides is 1. The van der Waals surface area contributed by atoms with Crippen LogP contribution in [0.3, 0.4) is 0 Å². The Morgan fingerprint density at radius 3 is 2.36 bits per heavy atom. The molecule has 1 saturated heterocycles. The van der Waals surface area contributed by atoms with Gasteiger partial charge in [-0.25, -0.2) is 4.98 Å². The van der Waals surface area contributed by atoms with E-state index < -0.39 is 12.0 Å². The van der Waals surface area contributed by atoms with Crippen molar-refractivity contribution in [2.75, 3.05) is 33.9 Å². The molecule has 1 atom stereocenters. The average Bonchev–Trinajstić information content (AvgIpc) is 3.12. The first-order valence-electron chi connectivity index (χ1n) is 16.3. The Balaban J connectivity index is 1.36. The number of hydrogen-bond acceptors (Lipinski definition) is 9. The minimum Gasteiger partial charge on any atom is -0.496 e. The molecule has 3 heterocycles. The van der Waals surface area contributed by atoms with Gasteiger partial charge < -0.3 is 35.2 Å². The number of aliphatic hydroxyl groups is 1. The summed E-state index contributed by atoms with van der Waals surface area (Å²) in [6.45, 7) is 3.69. The van der Waals surface area contributed by atoms with E-state index in [1.807, 2.05) is 59.5 Å². The molecule has 264 valence electrons. The summed E-state index contributed by atoms with van der Waals surface area (Å²) < 4.78 is 11.3. The summed E-state index contributed by atoms with van der Waals surface area (Å²) in [6, 6.07) is 16.7. The number of methoxy groups -OCH3 is 2. The maximum Gasteiger partial charge on any atom is 0.305 e. The van der Waals surface area contributed by atoms with Gasteiger partial charge in [-0.05, 0) is 31.0 Å². The number of halogens is 2. The van der Waals surface area contributed by atoms with Crippen molar-refractivity contribution in [1.82, 2.24) is 25.5 Å². The maximum absolute atomic E-state index is 11.7. The number of pyridine rings is 2. The number of aromatic nitrogens is 2. The third kappa shape index (κ3) is 8.72. The highest BCUT2D eigenvalue weighted by Crippen LogP contribution is 2.42. The molecule has 1 aliphatic heterocycles. The number of aliphatic hydroxyl groups excluding tert-OH is 1. The van der Waals surface area contributed by atoms with Crippen LogP contribution in [0.2, 0.25) is 10.0 Å². The fraction of sp³-hybridized carbons (Fsp3) is 0.351. The van der Waals surface area contributed by atoms with Crippen LogP contribution in [0.4, 0.5) is 0 Å². The lowest BCUT2D eigenvalue weighted by molar-refractivity contribution is -0.138. The van der Waals surface area contributed by atoms with Crippen LogP contribution >= 0.6 is 23.2 Å². The number of nitrogens with zero attached hydrogens (tertiary/aromatic N) is 3. The van der Waals surface area contributed by atoms with Crippen LogP contribution in [0, 0.1) is 0 Å². The van der Waals surface area contributed by atoms with Gasteiger partial charge >= 0.3 is 5.97 Å². The molecule has 5 rings (SSSR count). The van der Waals surface area contributed by atoms with Gasteiger partial charge in [0.05, 0.1) is 48.7 Å². The monoisotopic (exact) mass is 721 g/mol. The summed E-state index contributed by atoms with van der Waals surface area (Å²) in [5.74, 6) is 0.179. The summed E-state index contributed by atoms with van der Waals surface area (Å²) in [7, 11) is 3.15. The van der Waals surface area contributed by atoms with E-state index in [9.17, 15) is 14.7 Å². The minimum absolute atomic E-state index is 0.116. The van der Waals surface area contributed by atoms with E-state index >= 15 is 0 Å². The molecule has 2 aromatic carbocycles. The number of carbonyl (C=O) groups is 2. The molecule has 4 N–H and O–H groups in total. The molecular formula is C37H41Cl2N5O6. The number of carboxylic acids is 1. The second kappa shape index (κ2) is 17.1. The molecule has 0 saturated carbocycles. The first-order valence-corrected chi connectivity index (χ1v) is 17.1. The zero-order valence-corrected chi connectivity index (χ0v) is 29.7. The Bertz CT molecular complexity index is 1830. The number of nitrogens with one attached hydrogen (secondary N) is 2. The lowest BCUT2D eigenvalue weighted by Crippen LogP contribution is -2.44. The number of benzene rings is 2. The number of carbonyl (C=O) groups excluding carboxylic acids is 1. The van der Waals surface area contributed by atoms with Gasteiger partial charge in [-0.15, -0.1) is 0 Å². The molecule has 0 bridgehead atoms. The van der Waals surface area contributed by atoms with E-state index in [2.05, 4.69) is 15.6 Å². The number of hydrogen-bond donors (Lipinski definition) is 4. The topological polar surface area (TPSA) is 146 Å². The number of rotatable bonds is 14. The van der Waals surface area contributed by atoms with Crippen molar-refractivity contribution in [3.63, 3.8) is 0 Å². The van der Waals surface area contributed by atoms with Gasteiger partial charge in [0, 0.05) is 84.8 Å². The van der Waals surface area contributed by atoms with Crippen LogP contribution < -0.4 is 20.1 Å². The number of likely N-dealkylation sites (tertiary alicyclic amines) is 1. The first kappa shape index (κ1) is 37.0. The van der Waals surface area contributed by atoms with Gasteiger partial charge in [-0.3, -0.25) is 14.6 Å². The Hall–Kier alpha value is -4.26. The molecular weight excluding hydrogens is 681 g/mol. The number of ether oxygens (including phenoxy) is 2. The lowest BCUT2D eigenvalue weighted by atomic mass is 9.99. The molecule has 50 heavy (non-hydrogen) atoms. The Labute approximate surface area is 301 Å². The summed E-state index contributed by atoms with van der Waals surface area (Å²) in [4.78, 5) is 34.0. The SMILES string of the molecule is COc1cc(-c2nccc(-c3cccc(-c4ccc(CNC5CCN(C(C)=O)CC5)c(OC)n4)c3Cl)c2Cl)ccc1CN[C@@H](CO)CC(=O)O. The Kier molecular flexibility index (Phi) is 12.7. The van der Waals surface area contributed by atoms with E-state index in [4.69, 9.17) is 42.8 Å². The van der Waals surface area contributed by atoms with Crippen molar-refractivity contribution in [1.29, 1.82) is 0 Å². The summed E-state index contributed by atoms with van der Waals surface area (Å²) in [5.41, 5.74) is 5.72. The van der Waals surface area contributed by atoms with Crippen molar-refractivity contribution in [2.24, 2.45) is 0 Å². The number of carboxylic acid groups (broad SMARTS) is 1. The highest BCUT2D eigenvalue weighted by Gasteiger charge is 2.22. The largest absolute Gasteiger partial charge is 0.496 e. The molecule has 0 spiro atoms. The van der Waals surface area contributed by atoms with Gasteiger partial charge in [0.1, 0.15) is 5.75 Å². The third-order valence-electron chi connectivity index (χ3n) is 8.89. The average molecular weight is 723 g/mol. The zero-order valence-electron chi connectivity index (χ0n) is 28.2. The van der Waals surface area contributed by atoms with Gasteiger partial charge in [0.15, 0.2) is 0 Å². The second-order valence-electron chi connectivity index (χ2n) is 12.1. The summed E-state index contributed by atoms with van der Waals surface area (Å²) in [6.07, 6.45) is 3.26. The molecule has 1 amide bonds. The predicted molar refractivity (Wildman–Crippen MR) is 194 cm³/mol. The normalized spacial score (nSPS) is 14.0. The summed E-state index contributed by atoms with van der Waals surface area (Å²) in [5, 5.41) is 26.1. The number of aliphatic carboxylic acids is 1. The Morgan fingerprint density at radius 2 is 1.68 bits per heavy atom. The van der Waals surface area contributed by atoms with Crippen molar-refractivity contribution >= 4 is 35.1 Å². The van der Waals surface area contributed by atoms with Gasteiger partial charge in [-0.1, -0.05) is 59.6 Å². The van der Waals surface area contributed by atoms with Crippen molar-refractivity contribution in [3.8, 4) is 45.3 Å². The smallest absolute Gasteiger partial charge is 0.305 e. The Morgan fingerprint density at radius 1 is 0.960 bits per heavy atom. The van der Waals surface area contributed by atoms with Crippen LogP contribution in [0.25, 0.3) is 33.6 Å². The summed E-state index contributed by atoms with van der Waals surface area (Å²) >= 11 is 14.1. The van der Waals surface area contributed by atoms with E-state index in [-0.39, 0.29) is 18.9 Å². The molecule has 1 aliphatic rings. The van der Waals surface area contributed by atoms with E-state index in [1.165, 1.54) is 0 Å². The van der Waals surface area contributed by atoms with Crippen LogP contribution in [-0.2, 0) is 22.7 Å². The third-order valence-corrected chi connectivity index (χ3v) is 9.68. The molecule has 0 radical (unpaired) electrons. The van der Waals surface area contributed by atoms with Crippen LogP contribution in [0.15, 0.2) is 60.8 Å². The van der Waals surface area contributed by atoms with Gasteiger partial charge in [0.25, 0.3) is 0 Å². The number of piperidine rings is 1. The fourth-order valence-electron chi connectivity index (χ4n) is 6.08. The molecule has 1 fully saturated rings. The van der Waals surface area contributed by atoms with Crippen molar-refractivity contribution < 1.29 is 29.3 Å². The first-order chi connectivity index (χ1) is 24.1. The van der Waals surface area contributed by atoms with Crippen molar-refractivity contribution in [3.05, 3.63) is 82.0 Å². The highest BCUT2D eigenvalue weighted by atomic mass is 35.5. The molecule has 0 aliphatic carbocycles. The second-order valence-corrected chi connectivity index (χ2v) is 12.9. The minimum atomic E-state index is -0.998.